The number of para-hydroxylation sites is 2. The normalized spacial score (nSPS) is 12.5. The Labute approximate surface area is 472 Å². The van der Waals surface area contributed by atoms with Gasteiger partial charge in [-0.1, -0.05) is 249 Å². The van der Waals surface area contributed by atoms with Crippen molar-refractivity contribution < 1.29 is 0 Å². The third kappa shape index (κ3) is 7.42. The standard InChI is InChI=1S/C79H52N2/c1-4-21-53(22-5-1)56-39-42-62(43-40-56)80(63-44-46-69-68-32-12-17-36-74(68)79(75(69)52-63)72-34-15-10-30-66(72)67-31-11-16-35-73(67)79)76-37-18-13-29-65(76)59-28-20-27-57(47-59)58-41-45-71-70-33-14-19-38-77(70)81(78(71)51-58)64-49-60(54-23-6-2-7-24-54)48-61(50-64)55-25-8-3-9-26-55/h1-52H. The van der Waals surface area contributed by atoms with Gasteiger partial charge in [0.2, 0.25) is 0 Å². The summed E-state index contributed by atoms with van der Waals surface area (Å²) in [6, 6.07) is 117. The van der Waals surface area contributed by atoms with Crippen molar-refractivity contribution >= 4 is 38.9 Å². The van der Waals surface area contributed by atoms with E-state index in [0.717, 1.165) is 50.5 Å². The number of rotatable bonds is 9. The fraction of sp³-hybridized carbons (Fsp3) is 0.0127. The number of nitrogens with zero attached hydrogens (tertiary/aromatic N) is 2. The fourth-order valence-corrected chi connectivity index (χ4v) is 13.6. The minimum atomic E-state index is -0.479. The first-order valence-corrected chi connectivity index (χ1v) is 28.1. The average Bonchev–Trinajstić information content (AvgIpc) is 2.68. The maximum absolute atomic E-state index is 2.50. The highest BCUT2D eigenvalue weighted by molar-refractivity contribution is 6.10. The largest absolute Gasteiger partial charge is 0.310 e. The molecule has 0 aliphatic heterocycles. The highest BCUT2D eigenvalue weighted by Gasteiger charge is 2.51. The molecule has 1 aromatic heterocycles. The van der Waals surface area contributed by atoms with E-state index in [1.807, 2.05) is 0 Å². The van der Waals surface area contributed by atoms with Gasteiger partial charge < -0.3 is 9.47 Å². The Bertz CT molecular complexity index is 4620. The Morgan fingerprint density at radius 1 is 0.235 bits per heavy atom. The van der Waals surface area contributed by atoms with Gasteiger partial charge in [0.15, 0.2) is 0 Å². The number of benzene rings is 13. The predicted octanol–water partition coefficient (Wildman–Crippen LogP) is 20.9. The molecule has 2 heteroatoms. The molecule has 0 saturated heterocycles. The van der Waals surface area contributed by atoms with Crippen LogP contribution in [0.25, 0.3) is 105 Å². The van der Waals surface area contributed by atoms with Crippen molar-refractivity contribution in [2.75, 3.05) is 4.90 Å². The van der Waals surface area contributed by atoms with Gasteiger partial charge in [-0.2, -0.15) is 0 Å². The number of anilines is 3. The molecule has 378 valence electrons. The lowest BCUT2D eigenvalue weighted by atomic mass is 9.70. The molecular formula is C79H52N2. The Balaban J connectivity index is 0.861. The van der Waals surface area contributed by atoms with Crippen molar-refractivity contribution in [1.29, 1.82) is 0 Å². The van der Waals surface area contributed by atoms with E-state index in [-0.39, 0.29) is 0 Å². The van der Waals surface area contributed by atoms with Crippen LogP contribution in [0.5, 0.6) is 0 Å². The van der Waals surface area contributed by atoms with Crippen LogP contribution in [-0.4, -0.2) is 4.57 Å². The van der Waals surface area contributed by atoms with Gasteiger partial charge in [-0.05, 0) is 161 Å². The summed E-state index contributed by atoms with van der Waals surface area (Å²) in [6.45, 7) is 0. The Kier molecular flexibility index (Phi) is 10.8. The van der Waals surface area contributed by atoms with E-state index >= 15 is 0 Å². The lowest BCUT2D eigenvalue weighted by Gasteiger charge is -2.32. The summed E-state index contributed by atoms with van der Waals surface area (Å²) in [5.41, 5.74) is 28.5. The lowest BCUT2D eigenvalue weighted by Crippen LogP contribution is -2.26. The Morgan fingerprint density at radius 2 is 0.667 bits per heavy atom. The van der Waals surface area contributed by atoms with E-state index in [1.165, 1.54) is 94.2 Å². The molecule has 2 aliphatic rings. The van der Waals surface area contributed by atoms with Crippen molar-refractivity contribution in [3.63, 3.8) is 0 Å². The van der Waals surface area contributed by atoms with Crippen LogP contribution in [0, 0.1) is 0 Å². The summed E-state index contributed by atoms with van der Waals surface area (Å²) < 4.78 is 2.47. The summed E-state index contributed by atoms with van der Waals surface area (Å²) in [6.07, 6.45) is 0. The van der Waals surface area contributed by atoms with E-state index in [1.54, 1.807) is 0 Å². The van der Waals surface area contributed by atoms with E-state index < -0.39 is 5.41 Å². The van der Waals surface area contributed by atoms with Crippen LogP contribution >= 0.6 is 0 Å². The summed E-state index contributed by atoms with van der Waals surface area (Å²) in [5.74, 6) is 0. The van der Waals surface area contributed by atoms with Crippen molar-refractivity contribution in [3.05, 3.63) is 338 Å². The molecule has 2 nitrogen and oxygen atoms in total. The number of fused-ring (bicyclic) bond motifs is 13. The predicted molar refractivity (Wildman–Crippen MR) is 339 cm³/mol. The lowest BCUT2D eigenvalue weighted by molar-refractivity contribution is 0.793. The van der Waals surface area contributed by atoms with Gasteiger partial charge in [-0.25, -0.2) is 0 Å². The topological polar surface area (TPSA) is 8.17 Å². The van der Waals surface area contributed by atoms with Crippen LogP contribution < -0.4 is 4.90 Å². The molecule has 0 atom stereocenters. The zero-order valence-corrected chi connectivity index (χ0v) is 44.4. The Morgan fingerprint density at radius 3 is 1.30 bits per heavy atom. The number of hydrogen-bond acceptors (Lipinski definition) is 1. The summed E-state index contributed by atoms with van der Waals surface area (Å²) in [4.78, 5) is 2.48. The van der Waals surface area contributed by atoms with E-state index in [9.17, 15) is 0 Å². The highest BCUT2D eigenvalue weighted by atomic mass is 15.1. The third-order valence-electron chi connectivity index (χ3n) is 17.2. The van der Waals surface area contributed by atoms with Crippen molar-refractivity contribution in [1.82, 2.24) is 4.57 Å². The molecule has 0 saturated carbocycles. The van der Waals surface area contributed by atoms with Gasteiger partial charge in [0, 0.05) is 33.4 Å². The van der Waals surface area contributed by atoms with Crippen LogP contribution in [0.2, 0.25) is 0 Å². The molecule has 81 heavy (non-hydrogen) atoms. The van der Waals surface area contributed by atoms with E-state index in [2.05, 4.69) is 325 Å². The molecule has 13 aromatic carbocycles. The van der Waals surface area contributed by atoms with Gasteiger partial charge in [-0.3, -0.25) is 0 Å². The molecular weight excluding hydrogens is 977 g/mol. The molecule has 16 rings (SSSR count). The van der Waals surface area contributed by atoms with Crippen molar-refractivity contribution in [2.24, 2.45) is 0 Å². The summed E-state index contributed by atoms with van der Waals surface area (Å²) in [7, 11) is 0. The molecule has 1 spiro atoms. The van der Waals surface area contributed by atoms with Gasteiger partial charge in [0.1, 0.15) is 0 Å². The van der Waals surface area contributed by atoms with Crippen LogP contribution in [0.15, 0.2) is 315 Å². The minimum absolute atomic E-state index is 0.479. The first-order valence-electron chi connectivity index (χ1n) is 28.1. The highest BCUT2D eigenvalue weighted by Crippen LogP contribution is 2.63. The van der Waals surface area contributed by atoms with E-state index in [4.69, 9.17) is 0 Å². The van der Waals surface area contributed by atoms with Crippen molar-refractivity contribution in [3.8, 4) is 83.6 Å². The fourth-order valence-electron chi connectivity index (χ4n) is 13.6. The second-order valence-electron chi connectivity index (χ2n) is 21.5. The second kappa shape index (κ2) is 18.8. The summed E-state index contributed by atoms with van der Waals surface area (Å²) >= 11 is 0. The molecule has 14 aromatic rings. The van der Waals surface area contributed by atoms with Gasteiger partial charge in [0.05, 0.1) is 22.1 Å². The summed E-state index contributed by atoms with van der Waals surface area (Å²) in [5, 5.41) is 2.45. The first kappa shape index (κ1) is 46.5. The molecule has 0 bridgehead atoms. The Hall–Kier alpha value is -10.5. The molecule has 0 unspecified atom stereocenters. The molecule has 0 N–H and O–H groups in total. The van der Waals surface area contributed by atoms with Crippen LogP contribution in [-0.2, 0) is 5.41 Å². The zero-order valence-electron chi connectivity index (χ0n) is 44.4. The number of hydrogen-bond donors (Lipinski definition) is 0. The molecule has 0 radical (unpaired) electrons. The van der Waals surface area contributed by atoms with Crippen LogP contribution in [0.1, 0.15) is 22.3 Å². The van der Waals surface area contributed by atoms with Crippen LogP contribution in [0.3, 0.4) is 0 Å². The molecule has 0 amide bonds. The van der Waals surface area contributed by atoms with Gasteiger partial charge in [-0.15, -0.1) is 0 Å². The maximum atomic E-state index is 2.50. The van der Waals surface area contributed by atoms with Gasteiger partial charge in [0.25, 0.3) is 0 Å². The second-order valence-corrected chi connectivity index (χ2v) is 21.5. The monoisotopic (exact) mass is 1030 g/mol. The molecule has 0 fully saturated rings. The minimum Gasteiger partial charge on any atom is -0.310 e. The molecule has 2 aliphatic carbocycles. The van der Waals surface area contributed by atoms with Crippen molar-refractivity contribution in [2.45, 2.75) is 5.41 Å². The first-order chi connectivity index (χ1) is 40.2. The van der Waals surface area contributed by atoms with Crippen LogP contribution in [0.4, 0.5) is 17.1 Å². The SMILES string of the molecule is c1ccc(-c2ccc(N(c3ccc4c(c3)C3(c5ccccc5-c5ccccc53)c3ccccc3-4)c3ccccc3-c3cccc(-c4ccc5c6ccccc6n(-c6cc(-c7ccccc7)cc(-c7ccccc7)c6)c5c4)c3)cc2)cc1. The smallest absolute Gasteiger partial charge is 0.0726 e. The average molecular weight is 1030 g/mol. The molecule has 1 heterocycles. The van der Waals surface area contributed by atoms with E-state index in [0.29, 0.717) is 0 Å². The number of aromatic nitrogens is 1. The zero-order chi connectivity index (χ0) is 53.4. The third-order valence-corrected chi connectivity index (χ3v) is 17.2. The quantitative estimate of drug-likeness (QED) is 0.140. The van der Waals surface area contributed by atoms with Gasteiger partial charge >= 0.3 is 0 Å². The maximum Gasteiger partial charge on any atom is 0.0726 e.